The molecule has 1 unspecified atom stereocenters. The minimum Gasteiger partial charge on any atom is -0.342 e. The van der Waals surface area contributed by atoms with Crippen LogP contribution in [0.3, 0.4) is 0 Å². The van der Waals surface area contributed by atoms with E-state index in [1.165, 1.54) is 17.5 Å². The summed E-state index contributed by atoms with van der Waals surface area (Å²) in [6.07, 6.45) is 3.21. The lowest BCUT2D eigenvalue weighted by molar-refractivity contribution is 0.0935. The zero-order valence-electron chi connectivity index (χ0n) is 9.75. The summed E-state index contributed by atoms with van der Waals surface area (Å²) in [7, 11) is 0. The fourth-order valence-corrected chi connectivity index (χ4v) is 2.04. The summed E-state index contributed by atoms with van der Waals surface area (Å²) < 4.78 is 0. The van der Waals surface area contributed by atoms with E-state index < -0.39 is 0 Å². The molecule has 2 rings (SSSR count). The van der Waals surface area contributed by atoms with Crippen molar-refractivity contribution in [2.24, 2.45) is 5.84 Å². The van der Waals surface area contributed by atoms with E-state index in [9.17, 15) is 4.79 Å². The van der Waals surface area contributed by atoms with Crippen molar-refractivity contribution < 1.29 is 4.79 Å². The minimum atomic E-state index is -0.235. The van der Waals surface area contributed by atoms with Crippen LogP contribution in [0, 0.1) is 0 Å². The summed E-state index contributed by atoms with van der Waals surface area (Å²) >= 11 is 1.50. The molecule has 2 aromatic rings. The summed E-state index contributed by atoms with van der Waals surface area (Å²) in [5, 5.41) is 5.57. The molecule has 2 aromatic heterocycles. The number of hydrogen-bond acceptors (Lipinski definition) is 6. The zero-order chi connectivity index (χ0) is 13.0. The van der Waals surface area contributed by atoms with Gasteiger partial charge in [0, 0.05) is 11.6 Å². The van der Waals surface area contributed by atoms with Crippen LogP contribution < -0.4 is 16.6 Å². The number of thiazole rings is 1. The maximum atomic E-state index is 11.9. The molecule has 94 valence electrons. The van der Waals surface area contributed by atoms with Crippen LogP contribution in [-0.4, -0.2) is 15.9 Å². The lowest BCUT2D eigenvalue weighted by Gasteiger charge is -2.10. The highest BCUT2D eigenvalue weighted by Crippen LogP contribution is 2.15. The van der Waals surface area contributed by atoms with E-state index in [4.69, 9.17) is 5.84 Å². The highest BCUT2D eigenvalue weighted by Gasteiger charge is 2.13. The minimum absolute atomic E-state index is 0.133. The van der Waals surface area contributed by atoms with Crippen LogP contribution in [0.15, 0.2) is 29.9 Å². The van der Waals surface area contributed by atoms with Crippen LogP contribution in [0.2, 0.25) is 0 Å². The molecule has 1 amide bonds. The molecule has 1 atom stereocenters. The van der Waals surface area contributed by atoms with E-state index in [0.717, 1.165) is 5.01 Å². The number of hydrogen-bond donors (Lipinski definition) is 3. The van der Waals surface area contributed by atoms with Crippen LogP contribution >= 0.6 is 11.3 Å². The third-order valence-electron chi connectivity index (χ3n) is 2.33. The van der Waals surface area contributed by atoms with Crippen molar-refractivity contribution in [1.82, 2.24) is 15.3 Å². The van der Waals surface area contributed by atoms with Gasteiger partial charge in [-0.15, -0.1) is 11.3 Å². The zero-order valence-corrected chi connectivity index (χ0v) is 10.6. The predicted molar refractivity (Wildman–Crippen MR) is 70.0 cm³/mol. The molecule has 0 fully saturated rings. The number of hydrazine groups is 1. The van der Waals surface area contributed by atoms with Crippen molar-refractivity contribution >= 4 is 22.9 Å². The molecule has 0 aliphatic carbocycles. The number of rotatable bonds is 4. The number of carbonyl (C=O) groups excluding carboxylic acids is 1. The molecule has 2 heterocycles. The maximum absolute atomic E-state index is 11.9. The van der Waals surface area contributed by atoms with Crippen LogP contribution in [-0.2, 0) is 0 Å². The number of nitrogen functional groups attached to an aromatic ring is 1. The van der Waals surface area contributed by atoms with Gasteiger partial charge in [-0.25, -0.2) is 9.97 Å². The van der Waals surface area contributed by atoms with Gasteiger partial charge in [-0.2, -0.15) is 0 Å². The van der Waals surface area contributed by atoms with Crippen LogP contribution in [0.5, 0.6) is 0 Å². The normalized spacial score (nSPS) is 11.9. The molecule has 0 bridgehead atoms. The first-order valence-electron chi connectivity index (χ1n) is 5.33. The standard InChI is InChI=1S/C11H13N5OS/c1-7(11-13-4-5-18-11)15-10(17)9-3-2-8(16-12)6-14-9/h2-7,16H,12H2,1H3,(H,15,17). The Balaban J connectivity index is 2.03. The van der Waals surface area contributed by atoms with E-state index in [1.807, 2.05) is 12.3 Å². The number of pyridine rings is 1. The van der Waals surface area contributed by atoms with Gasteiger partial charge in [0.15, 0.2) is 0 Å². The van der Waals surface area contributed by atoms with Crippen LogP contribution in [0.1, 0.15) is 28.5 Å². The Labute approximate surface area is 108 Å². The van der Waals surface area contributed by atoms with Gasteiger partial charge in [-0.05, 0) is 19.1 Å². The van der Waals surface area contributed by atoms with Gasteiger partial charge >= 0.3 is 0 Å². The predicted octanol–water partition coefficient (Wildman–Crippen LogP) is 1.31. The molecule has 0 aromatic carbocycles. The lowest BCUT2D eigenvalue weighted by Crippen LogP contribution is -2.27. The van der Waals surface area contributed by atoms with Crippen LogP contribution in [0.4, 0.5) is 5.69 Å². The quantitative estimate of drug-likeness (QED) is 0.571. The topological polar surface area (TPSA) is 92.9 Å². The van der Waals surface area contributed by atoms with E-state index in [-0.39, 0.29) is 11.9 Å². The molecule has 4 N–H and O–H groups in total. The average Bonchev–Trinajstić information content (AvgIpc) is 2.92. The molecule has 7 heteroatoms. The first kappa shape index (κ1) is 12.5. The Kier molecular flexibility index (Phi) is 3.85. The second-order valence-corrected chi connectivity index (χ2v) is 4.57. The fourth-order valence-electron chi connectivity index (χ4n) is 1.39. The molecule has 0 radical (unpaired) electrons. The van der Waals surface area contributed by atoms with Gasteiger partial charge in [-0.3, -0.25) is 10.6 Å². The number of nitrogens with zero attached hydrogens (tertiary/aromatic N) is 2. The number of anilines is 1. The largest absolute Gasteiger partial charge is 0.342 e. The van der Waals surface area contributed by atoms with Gasteiger partial charge in [0.25, 0.3) is 5.91 Å². The molecule has 6 nitrogen and oxygen atoms in total. The van der Waals surface area contributed by atoms with Crippen molar-refractivity contribution in [1.29, 1.82) is 0 Å². The van der Waals surface area contributed by atoms with E-state index in [1.54, 1.807) is 18.3 Å². The summed E-state index contributed by atoms with van der Waals surface area (Å²) in [6.45, 7) is 1.88. The van der Waals surface area contributed by atoms with E-state index in [2.05, 4.69) is 20.7 Å². The molecule has 0 aliphatic rings. The highest BCUT2D eigenvalue weighted by molar-refractivity contribution is 7.09. The number of aromatic nitrogens is 2. The molecule has 18 heavy (non-hydrogen) atoms. The maximum Gasteiger partial charge on any atom is 0.270 e. The first-order chi connectivity index (χ1) is 8.70. The average molecular weight is 263 g/mol. The van der Waals surface area contributed by atoms with Gasteiger partial charge < -0.3 is 10.7 Å². The van der Waals surface area contributed by atoms with Gasteiger partial charge in [0.1, 0.15) is 10.7 Å². The third-order valence-corrected chi connectivity index (χ3v) is 3.29. The molecule has 0 saturated carbocycles. The SMILES string of the molecule is CC(NC(=O)c1ccc(NN)cn1)c1nccs1. The van der Waals surface area contributed by atoms with Crippen molar-refractivity contribution in [3.63, 3.8) is 0 Å². The second-order valence-electron chi connectivity index (χ2n) is 3.64. The third kappa shape index (κ3) is 2.82. The molecular formula is C11H13N5OS. The van der Waals surface area contributed by atoms with Crippen molar-refractivity contribution in [3.8, 4) is 0 Å². The van der Waals surface area contributed by atoms with Crippen LogP contribution in [0.25, 0.3) is 0 Å². The summed E-state index contributed by atoms with van der Waals surface area (Å²) in [6, 6.07) is 3.17. The van der Waals surface area contributed by atoms with Crippen molar-refractivity contribution in [2.45, 2.75) is 13.0 Å². The summed E-state index contributed by atoms with van der Waals surface area (Å²) in [5.74, 6) is 4.99. The van der Waals surface area contributed by atoms with Crippen molar-refractivity contribution in [3.05, 3.63) is 40.6 Å². The monoisotopic (exact) mass is 263 g/mol. The number of carbonyl (C=O) groups is 1. The van der Waals surface area contributed by atoms with Gasteiger partial charge in [0.05, 0.1) is 17.9 Å². The number of nitrogens with two attached hydrogens (primary N) is 1. The first-order valence-corrected chi connectivity index (χ1v) is 6.21. The lowest BCUT2D eigenvalue weighted by atomic mass is 10.3. The Hall–Kier alpha value is -1.99. The fraction of sp³-hybridized carbons (Fsp3) is 0.182. The van der Waals surface area contributed by atoms with Crippen molar-refractivity contribution in [2.75, 3.05) is 5.43 Å². The Morgan fingerprint density at radius 2 is 2.28 bits per heavy atom. The Morgan fingerprint density at radius 3 is 2.83 bits per heavy atom. The smallest absolute Gasteiger partial charge is 0.270 e. The highest BCUT2D eigenvalue weighted by atomic mass is 32.1. The summed E-state index contributed by atoms with van der Waals surface area (Å²) in [5.41, 5.74) is 3.45. The second kappa shape index (κ2) is 5.56. The molecular weight excluding hydrogens is 250 g/mol. The Bertz CT molecular complexity index is 511. The summed E-state index contributed by atoms with van der Waals surface area (Å²) in [4.78, 5) is 20.1. The van der Waals surface area contributed by atoms with E-state index >= 15 is 0 Å². The van der Waals surface area contributed by atoms with Gasteiger partial charge in [0.2, 0.25) is 0 Å². The van der Waals surface area contributed by atoms with E-state index in [0.29, 0.717) is 11.4 Å². The number of nitrogens with one attached hydrogen (secondary N) is 2. The molecule has 0 spiro atoms. The van der Waals surface area contributed by atoms with Gasteiger partial charge in [-0.1, -0.05) is 0 Å². The Morgan fingerprint density at radius 1 is 1.44 bits per heavy atom. The number of amides is 1. The molecule has 0 aliphatic heterocycles. The molecule has 0 saturated heterocycles.